The fourth-order valence-corrected chi connectivity index (χ4v) is 4.76. The van der Waals surface area contributed by atoms with Crippen LogP contribution < -0.4 is 10.2 Å². The van der Waals surface area contributed by atoms with Gasteiger partial charge in [0.15, 0.2) is 17.3 Å². The average Bonchev–Trinajstić information content (AvgIpc) is 3.52. The van der Waals surface area contributed by atoms with Crippen molar-refractivity contribution in [1.29, 1.82) is 0 Å². The molecule has 0 aromatic carbocycles. The standard InChI is InChI=1S/C21H25N7O2/c1-22-20-19-16(13-10-14-2-3-15(11-13)30-14)12-18(27-6-8-29-9-7-27)24-21(19)28(26-20)17-4-5-23-25-17/h4-5,10,12,14-15H,2-3,6-9,11H2,1H3,(H,22,26)(H,23,25). The third-order valence-corrected chi connectivity index (χ3v) is 6.23. The molecular formula is C21H25N7O2. The summed E-state index contributed by atoms with van der Waals surface area (Å²) in [6, 6.07) is 4.13. The molecule has 2 fully saturated rings. The summed E-state index contributed by atoms with van der Waals surface area (Å²) in [4.78, 5) is 7.35. The molecule has 9 heteroatoms. The monoisotopic (exact) mass is 407 g/mol. The quantitative estimate of drug-likeness (QED) is 0.686. The first-order valence-electron chi connectivity index (χ1n) is 10.6. The molecule has 2 bridgehead atoms. The fourth-order valence-electron chi connectivity index (χ4n) is 4.76. The number of morpholine rings is 1. The number of rotatable bonds is 4. The molecule has 156 valence electrons. The Morgan fingerprint density at radius 2 is 2.13 bits per heavy atom. The Morgan fingerprint density at radius 1 is 1.23 bits per heavy atom. The number of H-pyrrole nitrogens is 1. The van der Waals surface area contributed by atoms with E-state index in [0.717, 1.165) is 74.1 Å². The number of hydrogen-bond acceptors (Lipinski definition) is 7. The molecule has 2 unspecified atom stereocenters. The molecule has 2 atom stereocenters. The number of aromatic amines is 1. The summed E-state index contributed by atoms with van der Waals surface area (Å²) in [7, 11) is 1.90. The normalized spacial score (nSPS) is 23.8. The summed E-state index contributed by atoms with van der Waals surface area (Å²) in [5.74, 6) is 2.57. The van der Waals surface area contributed by atoms with E-state index in [2.05, 4.69) is 32.6 Å². The number of aromatic nitrogens is 5. The molecule has 3 aliphatic rings. The zero-order valence-electron chi connectivity index (χ0n) is 17.0. The molecule has 2 saturated heterocycles. The topological polar surface area (TPSA) is 93.1 Å². The van der Waals surface area contributed by atoms with Gasteiger partial charge in [0, 0.05) is 26.2 Å². The van der Waals surface area contributed by atoms with Crippen molar-refractivity contribution in [3.05, 3.63) is 30.0 Å². The predicted molar refractivity (Wildman–Crippen MR) is 114 cm³/mol. The summed E-state index contributed by atoms with van der Waals surface area (Å²) in [5, 5.41) is 16.2. The molecule has 0 aliphatic carbocycles. The summed E-state index contributed by atoms with van der Waals surface area (Å²) >= 11 is 0. The third-order valence-electron chi connectivity index (χ3n) is 6.23. The first kappa shape index (κ1) is 17.9. The van der Waals surface area contributed by atoms with Crippen LogP contribution in [0.1, 0.15) is 24.8 Å². The van der Waals surface area contributed by atoms with Gasteiger partial charge in [-0.15, -0.1) is 5.10 Å². The lowest BCUT2D eigenvalue weighted by atomic mass is 9.96. The van der Waals surface area contributed by atoms with Gasteiger partial charge in [0.25, 0.3) is 0 Å². The number of fused-ring (bicyclic) bond motifs is 3. The molecule has 0 amide bonds. The lowest BCUT2D eigenvalue weighted by Crippen LogP contribution is -2.36. The summed E-state index contributed by atoms with van der Waals surface area (Å²) in [6.45, 7) is 3.11. The van der Waals surface area contributed by atoms with Gasteiger partial charge >= 0.3 is 0 Å². The SMILES string of the molecule is CNc1nn(-c2ccn[nH]2)c2nc(N3CCOCC3)cc(C3=CC4CCC(C3)O4)c12. The molecule has 3 aromatic rings. The van der Waals surface area contributed by atoms with Gasteiger partial charge in [-0.25, -0.2) is 4.98 Å². The van der Waals surface area contributed by atoms with Crippen molar-refractivity contribution in [1.82, 2.24) is 25.0 Å². The maximum absolute atomic E-state index is 6.06. The van der Waals surface area contributed by atoms with E-state index in [-0.39, 0.29) is 6.10 Å². The lowest BCUT2D eigenvalue weighted by molar-refractivity contribution is 0.0672. The number of pyridine rings is 1. The Morgan fingerprint density at radius 3 is 2.90 bits per heavy atom. The lowest BCUT2D eigenvalue weighted by Gasteiger charge is -2.29. The Balaban J connectivity index is 1.58. The number of ether oxygens (including phenoxy) is 2. The van der Waals surface area contributed by atoms with Crippen LogP contribution in [0.2, 0.25) is 0 Å². The van der Waals surface area contributed by atoms with Crippen LogP contribution in [0, 0.1) is 0 Å². The van der Waals surface area contributed by atoms with Crippen LogP contribution >= 0.6 is 0 Å². The second-order valence-electron chi connectivity index (χ2n) is 8.05. The van der Waals surface area contributed by atoms with Gasteiger partial charge in [0.05, 0.1) is 37.0 Å². The van der Waals surface area contributed by atoms with Crippen molar-refractivity contribution in [3.8, 4) is 5.82 Å². The van der Waals surface area contributed by atoms with Crippen LogP contribution in [0.4, 0.5) is 11.6 Å². The Labute approximate surface area is 174 Å². The van der Waals surface area contributed by atoms with Gasteiger partial charge in [-0.3, -0.25) is 5.10 Å². The minimum atomic E-state index is 0.217. The second kappa shape index (κ2) is 7.10. The maximum Gasteiger partial charge on any atom is 0.169 e. The number of nitrogens with zero attached hydrogens (tertiary/aromatic N) is 5. The highest BCUT2D eigenvalue weighted by Gasteiger charge is 2.32. The molecular weight excluding hydrogens is 382 g/mol. The third kappa shape index (κ3) is 2.88. The number of nitrogens with one attached hydrogen (secondary N) is 2. The van der Waals surface area contributed by atoms with E-state index in [1.54, 1.807) is 6.20 Å². The van der Waals surface area contributed by atoms with Crippen molar-refractivity contribution in [3.63, 3.8) is 0 Å². The molecule has 3 aliphatic heterocycles. The van der Waals surface area contributed by atoms with Gasteiger partial charge in [0.1, 0.15) is 5.82 Å². The minimum Gasteiger partial charge on any atom is -0.378 e. The van der Waals surface area contributed by atoms with Crippen molar-refractivity contribution in [2.75, 3.05) is 43.6 Å². The maximum atomic E-state index is 6.06. The van der Waals surface area contributed by atoms with E-state index in [1.807, 2.05) is 17.8 Å². The average molecular weight is 407 g/mol. The number of anilines is 2. The molecule has 30 heavy (non-hydrogen) atoms. The molecule has 0 saturated carbocycles. The van der Waals surface area contributed by atoms with E-state index < -0.39 is 0 Å². The van der Waals surface area contributed by atoms with Crippen LogP contribution in [0.5, 0.6) is 0 Å². The predicted octanol–water partition coefficient (Wildman–Crippen LogP) is 2.36. The van der Waals surface area contributed by atoms with Gasteiger partial charge in [-0.1, -0.05) is 6.08 Å². The van der Waals surface area contributed by atoms with Gasteiger partial charge in [-0.2, -0.15) is 9.78 Å². The smallest absolute Gasteiger partial charge is 0.169 e. The Kier molecular flexibility index (Phi) is 4.24. The van der Waals surface area contributed by atoms with Crippen molar-refractivity contribution >= 4 is 28.2 Å². The molecule has 6 rings (SSSR count). The van der Waals surface area contributed by atoms with Crippen molar-refractivity contribution < 1.29 is 9.47 Å². The Hall–Kier alpha value is -2.91. The van der Waals surface area contributed by atoms with Crippen LogP contribution in [-0.2, 0) is 9.47 Å². The second-order valence-corrected chi connectivity index (χ2v) is 8.05. The zero-order valence-corrected chi connectivity index (χ0v) is 17.0. The summed E-state index contributed by atoms with van der Waals surface area (Å²) in [6.07, 6.45) is 7.71. The first-order valence-corrected chi connectivity index (χ1v) is 10.6. The largest absolute Gasteiger partial charge is 0.378 e. The highest BCUT2D eigenvalue weighted by molar-refractivity contribution is 6.00. The molecule has 6 heterocycles. The molecule has 2 N–H and O–H groups in total. The van der Waals surface area contributed by atoms with Crippen molar-refractivity contribution in [2.24, 2.45) is 0 Å². The Bertz CT molecular complexity index is 1100. The molecule has 0 spiro atoms. The summed E-state index contributed by atoms with van der Waals surface area (Å²) in [5.41, 5.74) is 3.34. The van der Waals surface area contributed by atoms with E-state index in [0.29, 0.717) is 6.10 Å². The molecule has 9 nitrogen and oxygen atoms in total. The van der Waals surface area contributed by atoms with E-state index in [9.17, 15) is 0 Å². The fraction of sp³-hybridized carbons (Fsp3) is 0.476. The highest BCUT2D eigenvalue weighted by Crippen LogP contribution is 2.41. The van der Waals surface area contributed by atoms with Gasteiger partial charge < -0.3 is 19.7 Å². The van der Waals surface area contributed by atoms with Crippen LogP contribution in [-0.4, -0.2) is 70.5 Å². The number of hydrogen-bond donors (Lipinski definition) is 2. The van der Waals surface area contributed by atoms with Crippen LogP contribution in [0.3, 0.4) is 0 Å². The molecule has 0 radical (unpaired) electrons. The zero-order chi connectivity index (χ0) is 20.1. The van der Waals surface area contributed by atoms with E-state index in [1.165, 1.54) is 11.1 Å². The van der Waals surface area contributed by atoms with Crippen LogP contribution in [0.25, 0.3) is 22.4 Å². The molecule has 3 aromatic heterocycles. The van der Waals surface area contributed by atoms with Crippen LogP contribution in [0.15, 0.2) is 24.4 Å². The van der Waals surface area contributed by atoms with Crippen molar-refractivity contribution in [2.45, 2.75) is 31.5 Å². The van der Waals surface area contributed by atoms with E-state index in [4.69, 9.17) is 19.6 Å². The van der Waals surface area contributed by atoms with Gasteiger partial charge in [0.2, 0.25) is 0 Å². The summed E-state index contributed by atoms with van der Waals surface area (Å²) < 4.78 is 13.5. The minimum absolute atomic E-state index is 0.217. The van der Waals surface area contributed by atoms with E-state index >= 15 is 0 Å². The van der Waals surface area contributed by atoms with Gasteiger partial charge in [-0.05, 0) is 36.5 Å². The first-order chi connectivity index (χ1) is 14.8. The highest BCUT2D eigenvalue weighted by atomic mass is 16.5.